The summed E-state index contributed by atoms with van der Waals surface area (Å²) >= 11 is 5.28. The van der Waals surface area contributed by atoms with E-state index in [9.17, 15) is 9.90 Å². The van der Waals surface area contributed by atoms with E-state index in [1.54, 1.807) is 0 Å². The van der Waals surface area contributed by atoms with Crippen molar-refractivity contribution in [2.45, 2.75) is 25.9 Å². The number of benzene rings is 3. The first-order chi connectivity index (χ1) is 17.0. The van der Waals surface area contributed by atoms with Crippen molar-refractivity contribution in [1.29, 1.82) is 0 Å². The van der Waals surface area contributed by atoms with E-state index >= 15 is 0 Å². The van der Waals surface area contributed by atoms with E-state index in [1.807, 2.05) is 89.2 Å². The molecule has 36 heavy (non-hydrogen) atoms. The molecule has 0 saturated carbocycles. The van der Waals surface area contributed by atoms with Crippen molar-refractivity contribution in [3.8, 4) is 11.4 Å². The molecule has 5 rings (SSSR count). The number of aromatic nitrogens is 3. The summed E-state index contributed by atoms with van der Waals surface area (Å²) in [4.78, 5) is 13.8. The molecule has 1 atom stereocenters. The molecule has 8 nitrogen and oxygen atoms in total. The first kappa shape index (κ1) is 26.0. The Bertz CT molecular complexity index is 1420. The molecule has 1 aliphatic heterocycles. The fourth-order valence-electron chi connectivity index (χ4n) is 4.37. The molecule has 0 saturated heterocycles. The predicted octanol–water partition coefficient (Wildman–Crippen LogP) is 0.372. The van der Waals surface area contributed by atoms with Crippen LogP contribution >= 0.6 is 12.2 Å². The van der Waals surface area contributed by atoms with Crippen LogP contribution in [0.4, 0.5) is 11.4 Å². The molecule has 0 aliphatic carbocycles. The van der Waals surface area contributed by atoms with E-state index in [1.165, 1.54) is 0 Å². The molecule has 2 heterocycles. The number of hydrogen-bond donors (Lipinski definition) is 2. The molecule has 1 aliphatic rings. The molecule has 4 aromatic rings. The van der Waals surface area contributed by atoms with Gasteiger partial charge in [-0.05, 0) is 73.1 Å². The van der Waals surface area contributed by atoms with Crippen molar-refractivity contribution in [3.63, 3.8) is 0 Å². The summed E-state index contributed by atoms with van der Waals surface area (Å²) < 4.78 is 8.32. The minimum absolute atomic E-state index is 0. The molecular weight excluding hydrogens is 485 g/mol. The Kier molecular flexibility index (Phi) is 8.15. The van der Waals surface area contributed by atoms with Crippen molar-refractivity contribution in [2.24, 2.45) is 0 Å². The number of carboxylic acid groups (broad SMARTS) is 1. The second-order valence-electron chi connectivity index (χ2n) is 8.36. The molecule has 0 radical (unpaired) electrons. The molecule has 1 aromatic heterocycles. The van der Waals surface area contributed by atoms with Gasteiger partial charge in [0, 0.05) is 29.7 Å². The van der Waals surface area contributed by atoms with E-state index in [4.69, 9.17) is 17.0 Å². The second kappa shape index (κ2) is 11.3. The van der Waals surface area contributed by atoms with Gasteiger partial charge in [-0.2, -0.15) is 5.10 Å². The summed E-state index contributed by atoms with van der Waals surface area (Å²) in [6.07, 6.45) is 0.407. The maximum absolute atomic E-state index is 11.9. The van der Waals surface area contributed by atoms with Gasteiger partial charge in [0.2, 0.25) is 0 Å². The minimum atomic E-state index is -1.08. The smallest absolute Gasteiger partial charge is 0.548 e. The Labute approximate surface area is 236 Å². The number of rotatable bonds is 7. The van der Waals surface area contributed by atoms with Crippen molar-refractivity contribution in [1.82, 2.24) is 14.8 Å². The number of carboxylic acids is 1. The van der Waals surface area contributed by atoms with Gasteiger partial charge >= 0.3 is 29.6 Å². The number of aromatic amines is 1. The molecule has 3 aromatic carbocycles. The van der Waals surface area contributed by atoms with Crippen LogP contribution in [0.3, 0.4) is 0 Å². The van der Waals surface area contributed by atoms with Crippen molar-refractivity contribution in [3.05, 3.63) is 94.5 Å². The van der Waals surface area contributed by atoms with Gasteiger partial charge in [0.15, 0.2) is 11.5 Å². The number of fused-ring (bicyclic) bond motifs is 1. The van der Waals surface area contributed by atoms with Crippen LogP contribution < -0.4 is 49.6 Å². The third kappa shape index (κ3) is 5.49. The minimum Gasteiger partial charge on any atom is -0.548 e. The number of hydrogen-bond acceptors (Lipinski definition) is 7. The Hall–Kier alpha value is -3.11. The molecule has 1 unspecified atom stereocenters. The van der Waals surface area contributed by atoms with E-state index in [0.717, 1.165) is 34.0 Å². The molecule has 10 heteroatoms. The standard InChI is InChI=1S/C26H25N5O3S.Na/c1-17-28-29-26(35)31(17)21-11-9-20(10-12-21)27-16-34-23-8-4-7-22(14-23)30-15-19-6-3-2-5-18(19)13-24(30)25(32)33;/h2-12,14,24,27H,13,15-16H2,1H3,(H,29,35)(H,32,33);/q;+1/p-1. The Morgan fingerprint density at radius 1 is 1.11 bits per heavy atom. The fourth-order valence-corrected chi connectivity index (χ4v) is 4.65. The van der Waals surface area contributed by atoms with Crippen LogP contribution in [0.15, 0.2) is 72.8 Å². The SMILES string of the molecule is Cc1n[nH]c(=S)n1-c1ccc(NCOc2cccc(N3Cc4ccccc4CC3C(=O)[O-])c2)cc1.[Na+]. The zero-order chi connectivity index (χ0) is 24.4. The van der Waals surface area contributed by atoms with Crippen LogP contribution in [0.25, 0.3) is 5.69 Å². The Morgan fingerprint density at radius 2 is 1.86 bits per heavy atom. The number of nitrogens with zero attached hydrogens (tertiary/aromatic N) is 3. The summed E-state index contributed by atoms with van der Waals surface area (Å²) in [5, 5.41) is 22.0. The Morgan fingerprint density at radius 3 is 2.56 bits per heavy atom. The van der Waals surface area contributed by atoms with Crippen LogP contribution in [0.2, 0.25) is 0 Å². The average molecular weight is 510 g/mol. The summed E-state index contributed by atoms with van der Waals surface area (Å²) in [5.41, 5.74) is 4.76. The predicted molar refractivity (Wildman–Crippen MR) is 134 cm³/mol. The molecule has 0 spiro atoms. The van der Waals surface area contributed by atoms with Gasteiger partial charge in [0.05, 0.1) is 12.0 Å². The van der Waals surface area contributed by atoms with E-state index < -0.39 is 12.0 Å². The van der Waals surface area contributed by atoms with Crippen LogP contribution in [0, 0.1) is 11.7 Å². The molecule has 0 bridgehead atoms. The van der Waals surface area contributed by atoms with E-state index in [2.05, 4.69) is 15.5 Å². The average Bonchev–Trinajstić information content (AvgIpc) is 3.21. The van der Waals surface area contributed by atoms with Gasteiger partial charge in [-0.1, -0.05) is 30.3 Å². The number of aryl methyl sites for hydroxylation is 1. The van der Waals surface area contributed by atoms with Crippen LogP contribution in [0.5, 0.6) is 5.75 Å². The number of carbonyl (C=O) groups is 1. The van der Waals surface area contributed by atoms with Crippen LogP contribution in [0.1, 0.15) is 17.0 Å². The summed E-state index contributed by atoms with van der Waals surface area (Å²) in [5.74, 6) is 0.350. The van der Waals surface area contributed by atoms with Gasteiger partial charge in [-0.15, -0.1) is 0 Å². The number of H-pyrrole nitrogens is 1. The van der Waals surface area contributed by atoms with E-state index in [-0.39, 0.29) is 36.3 Å². The first-order valence-corrected chi connectivity index (χ1v) is 11.7. The third-order valence-corrected chi connectivity index (χ3v) is 6.42. The summed E-state index contributed by atoms with van der Waals surface area (Å²) in [6.45, 7) is 2.64. The Balaban J connectivity index is 0.00000304. The van der Waals surface area contributed by atoms with Gasteiger partial charge < -0.3 is 24.9 Å². The number of ether oxygens (including phenoxy) is 1. The summed E-state index contributed by atoms with van der Waals surface area (Å²) in [7, 11) is 0. The monoisotopic (exact) mass is 509 g/mol. The van der Waals surface area contributed by atoms with Gasteiger partial charge in [-0.25, -0.2) is 0 Å². The number of anilines is 2. The van der Waals surface area contributed by atoms with Crippen LogP contribution in [-0.4, -0.2) is 33.5 Å². The zero-order valence-electron chi connectivity index (χ0n) is 20.1. The molecule has 0 fully saturated rings. The number of carbonyl (C=O) groups excluding carboxylic acids is 1. The second-order valence-corrected chi connectivity index (χ2v) is 8.74. The number of aliphatic carboxylic acids is 1. The normalized spacial score (nSPS) is 14.5. The first-order valence-electron chi connectivity index (χ1n) is 11.2. The topological polar surface area (TPSA) is 98.2 Å². The van der Waals surface area contributed by atoms with Crippen molar-refractivity contribution < 1.29 is 44.2 Å². The summed E-state index contributed by atoms with van der Waals surface area (Å²) in [6, 6.07) is 22.4. The number of nitrogens with one attached hydrogen (secondary N) is 2. The molecule has 178 valence electrons. The maximum atomic E-state index is 11.9. The quantitative estimate of drug-likeness (QED) is 0.211. The largest absolute Gasteiger partial charge is 1.00 e. The zero-order valence-corrected chi connectivity index (χ0v) is 22.9. The van der Waals surface area contributed by atoms with Gasteiger partial charge in [0.1, 0.15) is 11.6 Å². The molecular formula is C26H24N5NaO3S. The van der Waals surface area contributed by atoms with Crippen molar-refractivity contribution in [2.75, 3.05) is 16.9 Å². The van der Waals surface area contributed by atoms with Gasteiger partial charge in [0.25, 0.3) is 0 Å². The molecule has 0 amide bonds. The van der Waals surface area contributed by atoms with Crippen LogP contribution in [-0.2, 0) is 17.8 Å². The van der Waals surface area contributed by atoms with Gasteiger partial charge in [-0.3, -0.25) is 9.67 Å². The van der Waals surface area contributed by atoms with Crippen molar-refractivity contribution >= 4 is 29.6 Å². The fraction of sp³-hybridized carbons (Fsp3) is 0.192. The maximum Gasteiger partial charge on any atom is 1.00 e. The molecule has 2 N–H and O–H groups in total. The van der Waals surface area contributed by atoms with E-state index in [0.29, 0.717) is 23.5 Å². The third-order valence-electron chi connectivity index (χ3n) is 6.15.